The van der Waals surface area contributed by atoms with Crippen molar-refractivity contribution in [3.05, 3.63) is 29.6 Å². The first-order chi connectivity index (χ1) is 7.83. The van der Waals surface area contributed by atoms with Gasteiger partial charge in [-0.05, 0) is 18.2 Å². The molecule has 0 fully saturated rings. The number of rotatable bonds is 3. The van der Waals surface area contributed by atoms with Crippen molar-refractivity contribution >= 4 is 18.0 Å². The second kappa shape index (κ2) is 5.26. The van der Waals surface area contributed by atoms with Gasteiger partial charge in [-0.25, -0.2) is 9.18 Å². The minimum atomic E-state index is -4.63. The largest absolute Gasteiger partial charge is 0.479 e. The number of benzene rings is 1. The highest BCUT2D eigenvalue weighted by molar-refractivity contribution is 7.95. The van der Waals surface area contributed by atoms with E-state index in [9.17, 15) is 22.4 Å². The zero-order valence-electron chi connectivity index (χ0n) is 8.38. The fourth-order valence-corrected chi connectivity index (χ4v) is 1.22. The van der Waals surface area contributed by atoms with Crippen molar-refractivity contribution in [2.75, 3.05) is 7.11 Å². The van der Waals surface area contributed by atoms with Gasteiger partial charge in [-0.1, -0.05) is 0 Å². The number of esters is 1. The van der Waals surface area contributed by atoms with Crippen LogP contribution >= 0.6 is 12.0 Å². The molecule has 1 aromatic carbocycles. The van der Waals surface area contributed by atoms with Crippen molar-refractivity contribution < 1.29 is 31.3 Å². The molecule has 0 aliphatic carbocycles. The van der Waals surface area contributed by atoms with Crippen molar-refractivity contribution in [2.24, 2.45) is 0 Å². The van der Waals surface area contributed by atoms with E-state index in [1.54, 1.807) is 0 Å². The zero-order valence-corrected chi connectivity index (χ0v) is 9.19. The van der Waals surface area contributed by atoms with E-state index in [0.717, 1.165) is 25.3 Å². The molecule has 0 atom stereocenters. The molecule has 1 rings (SSSR count). The molecular formula is C9H6F4O3S. The maximum atomic E-state index is 13.2. The standard InChI is InChI=1S/C9H6F4O3S/c1-15-8(14)5-2-3-7(6(10)4-5)16-17-9(11,12)13/h2-4H,1H3. The van der Waals surface area contributed by atoms with Crippen LogP contribution in [0.25, 0.3) is 0 Å². The van der Waals surface area contributed by atoms with Gasteiger partial charge in [-0.3, -0.25) is 0 Å². The molecule has 0 unspecified atom stereocenters. The number of hydrogen-bond acceptors (Lipinski definition) is 4. The van der Waals surface area contributed by atoms with Gasteiger partial charge in [0.1, 0.15) is 0 Å². The average molecular weight is 270 g/mol. The lowest BCUT2D eigenvalue weighted by molar-refractivity contribution is -0.0370. The van der Waals surface area contributed by atoms with Gasteiger partial charge in [-0.15, -0.1) is 0 Å². The highest BCUT2D eigenvalue weighted by Gasteiger charge is 2.32. The number of methoxy groups -OCH3 is 1. The second-order valence-corrected chi connectivity index (χ2v) is 3.55. The molecule has 0 aromatic heterocycles. The summed E-state index contributed by atoms with van der Waals surface area (Å²) in [7, 11) is 1.10. The van der Waals surface area contributed by atoms with Gasteiger partial charge in [0.05, 0.1) is 12.7 Å². The number of halogens is 4. The molecule has 0 bridgehead atoms. The number of carbonyl (C=O) groups is 1. The Morgan fingerprint density at radius 1 is 1.35 bits per heavy atom. The molecule has 1 aromatic rings. The van der Waals surface area contributed by atoms with E-state index >= 15 is 0 Å². The third-order valence-corrected chi connectivity index (χ3v) is 2.03. The molecule has 94 valence electrons. The lowest BCUT2D eigenvalue weighted by Gasteiger charge is -2.07. The van der Waals surface area contributed by atoms with Gasteiger partial charge < -0.3 is 8.92 Å². The number of carbonyl (C=O) groups excluding carboxylic acids is 1. The van der Waals surface area contributed by atoms with Crippen LogP contribution in [0.15, 0.2) is 18.2 Å². The van der Waals surface area contributed by atoms with Crippen LogP contribution in [0.2, 0.25) is 0 Å². The summed E-state index contributed by atoms with van der Waals surface area (Å²) in [6, 6.07) is 2.75. The van der Waals surface area contributed by atoms with E-state index in [2.05, 4.69) is 8.92 Å². The van der Waals surface area contributed by atoms with Crippen LogP contribution in [-0.2, 0) is 4.74 Å². The van der Waals surface area contributed by atoms with Crippen molar-refractivity contribution in [1.82, 2.24) is 0 Å². The summed E-state index contributed by atoms with van der Waals surface area (Å²) in [4.78, 5) is 11.0. The van der Waals surface area contributed by atoms with Crippen LogP contribution in [0.5, 0.6) is 5.75 Å². The molecule has 0 saturated heterocycles. The smallest absolute Gasteiger partial charge is 0.465 e. The zero-order chi connectivity index (χ0) is 13.1. The van der Waals surface area contributed by atoms with Gasteiger partial charge in [0, 0.05) is 0 Å². The van der Waals surface area contributed by atoms with Crippen LogP contribution < -0.4 is 4.18 Å². The number of ether oxygens (including phenoxy) is 1. The van der Waals surface area contributed by atoms with E-state index in [4.69, 9.17) is 0 Å². The first kappa shape index (κ1) is 13.6. The molecular weight excluding hydrogens is 264 g/mol. The summed E-state index contributed by atoms with van der Waals surface area (Å²) in [6.45, 7) is 0. The summed E-state index contributed by atoms with van der Waals surface area (Å²) in [5.41, 5.74) is -4.75. The SMILES string of the molecule is COC(=O)c1ccc(OSC(F)(F)F)c(F)c1. The van der Waals surface area contributed by atoms with Gasteiger partial charge in [0.15, 0.2) is 23.6 Å². The summed E-state index contributed by atoms with van der Waals surface area (Å²) in [5, 5.41) is 0. The molecule has 3 nitrogen and oxygen atoms in total. The fraction of sp³-hybridized carbons (Fsp3) is 0.222. The third kappa shape index (κ3) is 4.14. The molecule has 0 aliphatic heterocycles. The molecule has 0 aliphatic rings. The Morgan fingerprint density at radius 2 is 2.00 bits per heavy atom. The normalized spacial score (nSPS) is 11.1. The van der Waals surface area contributed by atoms with E-state index in [1.165, 1.54) is 0 Å². The van der Waals surface area contributed by atoms with Crippen LogP contribution in [0.3, 0.4) is 0 Å². The molecule has 8 heteroatoms. The van der Waals surface area contributed by atoms with E-state index < -0.39 is 35.1 Å². The summed E-state index contributed by atoms with van der Waals surface area (Å²) >= 11 is -0.835. The number of hydrogen-bond donors (Lipinski definition) is 0. The summed E-state index contributed by atoms with van der Waals surface area (Å²) < 4.78 is 57.0. The van der Waals surface area contributed by atoms with Gasteiger partial charge in [0.2, 0.25) is 0 Å². The first-order valence-electron chi connectivity index (χ1n) is 4.14. The Morgan fingerprint density at radius 3 is 2.47 bits per heavy atom. The minimum absolute atomic E-state index is 0.116. The Labute approximate surface area is 97.9 Å². The van der Waals surface area contributed by atoms with Crippen LogP contribution in [-0.4, -0.2) is 18.6 Å². The monoisotopic (exact) mass is 270 g/mol. The Balaban J connectivity index is 2.80. The lowest BCUT2D eigenvalue weighted by atomic mass is 10.2. The summed E-state index contributed by atoms with van der Waals surface area (Å²) in [5.74, 6) is -2.48. The van der Waals surface area contributed by atoms with E-state index in [-0.39, 0.29) is 5.56 Å². The van der Waals surface area contributed by atoms with Crippen molar-refractivity contribution in [1.29, 1.82) is 0 Å². The number of alkyl halides is 3. The highest BCUT2D eigenvalue weighted by atomic mass is 32.2. The summed E-state index contributed by atoms with van der Waals surface area (Å²) in [6.07, 6.45) is 0. The maximum absolute atomic E-state index is 13.2. The molecule has 0 N–H and O–H groups in total. The van der Waals surface area contributed by atoms with Gasteiger partial charge in [-0.2, -0.15) is 13.2 Å². The minimum Gasteiger partial charge on any atom is -0.465 e. The third-order valence-electron chi connectivity index (χ3n) is 1.58. The topological polar surface area (TPSA) is 35.5 Å². The Kier molecular flexibility index (Phi) is 4.22. The molecule has 0 radical (unpaired) electrons. The van der Waals surface area contributed by atoms with Crippen LogP contribution in [0.4, 0.5) is 17.6 Å². The Hall–Kier alpha value is -1.44. The molecule has 0 amide bonds. The molecule has 17 heavy (non-hydrogen) atoms. The molecule has 0 saturated carbocycles. The van der Waals surface area contributed by atoms with Crippen molar-refractivity contribution in [2.45, 2.75) is 5.51 Å². The second-order valence-electron chi connectivity index (χ2n) is 2.75. The van der Waals surface area contributed by atoms with Crippen LogP contribution in [0, 0.1) is 5.82 Å². The van der Waals surface area contributed by atoms with Crippen molar-refractivity contribution in [3.63, 3.8) is 0 Å². The lowest BCUT2D eigenvalue weighted by Crippen LogP contribution is -2.05. The molecule has 0 spiro atoms. The highest BCUT2D eigenvalue weighted by Crippen LogP contribution is 2.33. The van der Waals surface area contributed by atoms with Crippen molar-refractivity contribution in [3.8, 4) is 5.75 Å². The first-order valence-corrected chi connectivity index (χ1v) is 4.88. The van der Waals surface area contributed by atoms with Crippen LogP contribution in [0.1, 0.15) is 10.4 Å². The quantitative estimate of drug-likeness (QED) is 0.480. The molecule has 0 heterocycles. The Bertz CT molecular complexity index is 419. The average Bonchev–Trinajstić information content (AvgIpc) is 2.25. The van der Waals surface area contributed by atoms with E-state index in [0.29, 0.717) is 0 Å². The van der Waals surface area contributed by atoms with Gasteiger partial charge >= 0.3 is 11.5 Å². The maximum Gasteiger partial charge on any atom is 0.479 e. The van der Waals surface area contributed by atoms with E-state index in [1.807, 2.05) is 0 Å². The fourth-order valence-electron chi connectivity index (χ4n) is 0.905. The predicted octanol–water partition coefficient (Wildman–Crippen LogP) is 3.16. The van der Waals surface area contributed by atoms with Gasteiger partial charge in [0.25, 0.3) is 0 Å². The predicted molar refractivity (Wildman–Crippen MR) is 52.0 cm³/mol.